The number of anilines is 1. The topological polar surface area (TPSA) is 39.1 Å². The molecule has 0 radical (unpaired) electrons. The second kappa shape index (κ2) is 4.76. The number of hydrogen-bond acceptors (Lipinski definition) is 1. The molecular weight excluding hydrogens is 253 g/mol. The van der Waals surface area contributed by atoms with Crippen LogP contribution in [0.15, 0.2) is 6.07 Å². The SMILES string of the molecule is Cc1c(N2CCNC2=N)cc(Cl)c(F)c1C(C)C. The summed E-state index contributed by atoms with van der Waals surface area (Å²) in [7, 11) is 0. The van der Waals surface area contributed by atoms with Gasteiger partial charge in [0.15, 0.2) is 5.96 Å². The van der Waals surface area contributed by atoms with Crippen LogP contribution in [-0.4, -0.2) is 19.0 Å². The highest BCUT2D eigenvalue weighted by molar-refractivity contribution is 6.31. The maximum Gasteiger partial charge on any atom is 0.195 e. The van der Waals surface area contributed by atoms with Crippen LogP contribution in [0.25, 0.3) is 0 Å². The molecule has 0 aliphatic carbocycles. The molecule has 0 unspecified atom stereocenters. The molecule has 0 spiro atoms. The Kier molecular flexibility index (Phi) is 3.48. The zero-order valence-corrected chi connectivity index (χ0v) is 11.5. The first kappa shape index (κ1) is 13.1. The fraction of sp³-hybridized carbons (Fsp3) is 0.462. The van der Waals surface area contributed by atoms with Crippen molar-refractivity contribution in [2.24, 2.45) is 0 Å². The van der Waals surface area contributed by atoms with Crippen molar-refractivity contribution in [3.63, 3.8) is 0 Å². The Hall–Kier alpha value is -1.29. The Bertz CT molecular complexity index is 499. The van der Waals surface area contributed by atoms with Crippen molar-refractivity contribution in [2.45, 2.75) is 26.7 Å². The van der Waals surface area contributed by atoms with Crippen molar-refractivity contribution in [1.29, 1.82) is 5.41 Å². The molecule has 1 aliphatic heterocycles. The molecule has 1 fully saturated rings. The van der Waals surface area contributed by atoms with Crippen LogP contribution in [-0.2, 0) is 0 Å². The normalized spacial score (nSPS) is 15.4. The van der Waals surface area contributed by atoms with Crippen LogP contribution in [0.4, 0.5) is 10.1 Å². The number of nitrogens with zero attached hydrogens (tertiary/aromatic N) is 1. The summed E-state index contributed by atoms with van der Waals surface area (Å²) >= 11 is 5.97. The standard InChI is InChI=1S/C13H17ClFN3/c1-7(2)11-8(3)10(6-9(14)12(11)15)18-5-4-17-13(18)16/h6-7H,4-5H2,1-3H3,(H2,16,17). The van der Waals surface area contributed by atoms with Crippen LogP contribution in [0.5, 0.6) is 0 Å². The van der Waals surface area contributed by atoms with Gasteiger partial charge in [-0.2, -0.15) is 0 Å². The van der Waals surface area contributed by atoms with Gasteiger partial charge in [0.2, 0.25) is 0 Å². The van der Waals surface area contributed by atoms with Crippen LogP contribution < -0.4 is 10.2 Å². The van der Waals surface area contributed by atoms with Gasteiger partial charge in [0.05, 0.1) is 5.02 Å². The lowest BCUT2D eigenvalue weighted by Crippen LogP contribution is -2.29. The van der Waals surface area contributed by atoms with E-state index in [0.29, 0.717) is 18.1 Å². The van der Waals surface area contributed by atoms with Gasteiger partial charge in [-0.1, -0.05) is 25.4 Å². The number of benzene rings is 1. The lowest BCUT2D eigenvalue weighted by Gasteiger charge is -2.23. The summed E-state index contributed by atoms with van der Waals surface area (Å²) in [5.74, 6) is 0.0641. The number of nitrogens with one attached hydrogen (secondary N) is 2. The Labute approximate surface area is 111 Å². The fourth-order valence-corrected chi connectivity index (χ4v) is 2.63. The van der Waals surface area contributed by atoms with Crippen molar-refractivity contribution in [1.82, 2.24) is 5.32 Å². The highest BCUT2D eigenvalue weighted by Gasteiger charge is 2.24. The average molecular weight is 270 g/mol. The summed E-state index contributed by atoms with van der Waals surface area (Å²) in [6.07, 6.45) is 0. The van der Waals surface area contributed by atoms with Gasteiger partial charge in [0.1, 0.15) is 5.82 Å². The van der Waals surface area contributed by atoms with Crippen molar-refractivity contribution in [3.8, 4) is 0 Å². The lowest BCUT2D eigenvalue weighted by atomic mass is 9.95. The summed E-state index contributed by atoms with van der Waals surface area (Å²) < 4.78 is 14.1. The molecule has 3 nitrogen and oxygen atoms in total. The second-order valence-electron chi connectivity index (χ2n) is 4.81. The van der Waals surface area contributed by atoms with E-state index in [2.05, 4.69) is 5.32 Å². The molecule has 1 aromatic carbocycles. The van der Waals surface area contributed by atoms with Gasteiger partial charge in [-0.05, 0) is 30.0 Å². The summed E-state index contributed by atoms with van der Waals surface area (Å²) in [4.78, 5) is 1.83. The summed E-state index contributed by atoms with van der Waals surface area (Å²) in [5, 5.41) is 10.9. The molecule has 1 heterocycles. The average Bonchev–Trinajstić information content (AvgIpc) is 2.70. The molecule has 0 amide bonds. The van der Waals surface area contributed by atoms with Gasteiger partial charge >= 0.3 is 0 Å². The summed E-state index contributed by atoms with van der Waals surface area (Å²) in [6, 6.07) is 1.61. The van der Waals surface area contributed by atoms with E-state index < -0.39 is 0 Å². The molecule has 1 saturated heterocycles. The summed E-state index contributed by atoms with van der Waals surface area (Å²) in [5.41, 5.74) is 2.32. The van der Waals surface area contributed by atoms with Crippen LogP contribution in [0.1, 0.15) is 30.9 Å². The van der Waals surface area contributed by atoms with E-state index in [4.69, 9.17) is 17.0 Å². The highest BCUT2D eigenvalue weighted by atomic mass is 35.5. The minimum atomic E-state index is -0.341. The van der Waals surface area contributed by atoms with Gasteiger partial charge in [-0.15, -0.1) is 0 Å². The van der Waals surface area contributed by atoms with Gasteiger partial charge in [-0.3, -0.25) is 5.41 Å². The number of guanidine groups is 1. The minimum absolute atomic E-state index is 0.0622. The van der Waals surface area contributed by atoms with E-state index in [9.17, 15) is 4.39 Å². The largest absolute Gasteiger partial charge is 0.354 e. The third-order valence-electron chi connectivity index (χ3n) is 3.26. The Morgan fingerprint density at radius 1 is 1.50 bits per heavy atom. The minimum Gasteiger partial charge on any atom is -0.354 e. The number of hydrogen-bond donors (Lipinski definition) is 2. The van der Waals surface area contributed by atoms with E-state index >= 15 is 0 Å². The molecule has 0 bridgehead atoms. The van der Waals surface area contributed by atoms with Crippen molar-refractivity contribution >= 4 is 23.2 Å². The molecule has 18 heavy (non-hydrogen) atoms. The van der Waals surface area contributed by atoms with E-state index in [1.807, 2.05) is 25.7 Å². The maximum atomic E-state index is 14.1. The lowest BCUT2D eigenvalue weighted by molar-refractivity contribution is 0.596. The van der Waals surface area contributed by atoms with E-state index in [1.54, 1.807) is 6.07 Å². The van der Waals surface area contributed by atoms with Crippen molar-refractivity contribution in [3.05, 3.63) is 28.0 Å². The Morgan fingerprint density at radius 3 is 2.67 bits per heavy atom. The predicted octanol–water partition coefficient (Wildman–Crippen LogP) is 3.26. The molecule has 2 N–H and O–H groups in total. The summed E-state index contributed by atoms with van der Waals surface area (Å²) in [6.45, 7) is 7.21. The highest BCUT2D eigenvalue weighted by Crippen LogP contribution is 2.35. The van der Waals surface area contributed by atoms with Crippen LogP contribution >= 0.6 is 11.6 Å². The first-order valence-electron chi connectivity index (χ1n) is 6.02. The molecule has 0 saturated carbocycles. The molecule has 1 aromatic rings. The predicted molar refractivity (Wildman–Crippen MR) is 73.3 cm³/mol. The third-order valence-corrected chi connectivity index (χ3v) is 3.54. The van der Waals surface area contributed by atoms with E-state index in [0.717, 1.165) is 17.8 Å². The van der Waals surface area contributed by atoms with Gasteiger partial charge < -0.3 is 10.2 Å². The van der Waals surface area contributed by atoms with E-state index in [-0.39, 0.29) is 16.8 Å². The maximum absolute atomic E-state index is 14.1. The van der Waals surface area contributed by atoms with Gasteiger partial charge in [0.25, 0.3) is 0 Å². The van der Waals surface area contributed by atoms with Gasteiger partial charge in [-0.25, -0.2) is 4.39 Å². The first-order chi connectivity index (χ1) is 8.43. The zero-order chi connectivity index (χ0) is 13.4. The van der Waals surface area contributed by atoms with Crippen LogP contribution in [0.3, 0.4) is 0 Å². The Balaban J connectivity index is 2.58. The van der Waals surface area contributed by atoms with Crippen LogP contribution in [0, 0.1) is 18.2 Å². The number of rotatable bonds is 2. The van der Waals surface area contributed by atoms with E-state index in [1.165, 1.54) is 0 Å². The van der Waals surface area contributed by atoms with Crippen molar-refractivity contribution in [2.75, 3.05) is 18.0 Å². The smallest absolute Gasteiger partial charge is 0.195 e. The second-order valence-corrected chi connectivity index (χ2v) is 5.22. The molecule has 2 rings (SSSR count). The van der Waals surface area contributed by atoms with Crippen LogP contribution in [0.2, 0.25) is 5.02 Å². The molecule has 0 aromatic heterocycles. The van der Waals surface area contributed by atoms with Gasteiger partial charge in [0, 0.05) is 18.8 Å². The first-order valence-corrected chi connectivity index (χ1v) is 6.39. The monoisotopic (exact) mass is 269 g/mol. The number of halogens is 2. The molecule has 0 atom stereocenters. The fourth-order valence-electron chi connectivity index (χ4n) is 2.42. The Morgan fingerprint density at radius 2 is 2.17 bits per heavy atom. The van der Waals surface area contributed by atoms with Crippen molar-refractivity contribution < 1.29 is 4.39 Å². The molecular formula is C13H17ClFN3. The third kappa shape index (κ3) is 2.05. The molecule has 1 aliphatic rings. The zero-order valence-electron chi connectivity index (χ0n) is 10.8. The molecule has 98 valence electrons. The molecule has 5 heteroatoms. The quantitative estimate of drug-likeness (QED) is 0.865.